The van der Waals surface area contributed by atoms with Crippen LogP contribution in [0.15, 0.2) is 0 Å². The molecule has 1 aromatic rings. The maximum atomic E-state index is 11.6. The van der Waals surface area contributed by atoms with Gasteiger partial charge in [0.1, 0.15) is 5.82 Å². The second kappa shape index (κ2) is 9.31. The highest BCUT2D eigenvalue weighted by Crippen LogP contribution is 2.33. The van der Waals surface area contributed by atoms with Crippen molar-refractivity contribution in [2.75, 3.05) is 30.9 Å². The van der Waals surface area contributed by atoms with Gasteiger partial charge in [-0.15, -0.1) is 0 Å². The second-order valence-electron chi connectivity index (χ2n) is 8.07. The fourth-order valence-electron chi connectivity index (χ4n) is 4.27. The van der Waals surface area contributed by atoms with Gasteiger partial charge in [0.2, 0.25) is 9.74 Å². The number of rotatable bonds is 5. The molecule has 0 bridgehead atoms. The largest absolute Gasteiger partial charge is 0.465 e. The molecule has 7 nitrogen and oxygen atoms in total. The standard InChI is InChI=1S/C19H28Cl3N5O2/c1-26(2)16-14-5-3-4-6-15(14)24-17(25-16)23-12-7-9-13(10-8-12)27(18(28)29)11-19(20,21)22/h12-13H,3-11H2,1-2H3,(H,28,29)(H,23,24,25)/t12-,13+. The summed E-state index contributed by atoms with van der Waals surface area (Å²) in [5.41, 5.74) is 2.41. The molecule has 3 rings (SSSR count). The van der Waals surface area contributed by atoms with Gasteiger partial charge in [0.15, 0.2) is 0 Å². The molecule has 2 aliphatic carbocycles. The minimum atomic E-state index is -1.62. The molecule has 1 heterocycles. The number of alkyl halides is 3. The molecule has 1 amide bonds. The Morgan fingerprint density at radius 3 is 2.38 bits per heavy atom. The molecule has 0 saturated heterocycles. The number of nitrogens with one attached hydrogen (secondary N) is 1. The fraction of sp³-hybridized carbons (Fsp3) is 0.737. The van der Waals surface area contributed by atoms with E-state index in [1.54, 1.807) is 0 Å². The molecule has 162 valence electrons. The van der Waals surface area contributed by atoms with Gasteiger partial charge < -0.3 is 20.2 Å². The molecular formula is C19H28Cl3N5O2. The van der Waals surface area contributed by atoms with Crippen molar-refractivity contribution in [1.29, 1.82) is 0 Å². The Hall–Kier alpha value is -1.18. The summed E-state index contributed by atoms with van der Waals surface area (Å²) < 4.78 is -1.62. The lowest BCUT2D eigenvalue weighted by molar-refractivity contribution is 0.111. The van der Waals surface area contributed by atoms with Crippen LogP contribution >= 0.6 is 34.8 Å². The van der Waals surface area contributed by atoms with E-state index in [0.717, 1.165) is 43.6 Å². The number of nitrogens with zero attached hydrogens (tertiary/aromatic N) is 4. The Balaban J connectivity index is 1.65. The van der Waals surface area contributed by atoms with Crippen molar-refractivity contribution in [1.82, 2.24) is 14.9 Å². The van der Waals surface area contributed by atoms with E-state index < -0.39 is 9.89 Å². The second-order valence-corrected chi connectivity index (χ2v) is 10.6. The van der Waals surface area contributed by atoms with Gasteiger partial charge in [0.05, 0.1) is 12.2 Å². The number of carbonyl (C=O) groups is 1. The lowest BCUT2D eigenvalue weighted by Gasteiger charge is -2.37. The predicted octanol–water partition coefficient (Wildman–Crippen LogP) is 4.49. The molecule has 0 unspecified atom stereocenters. The van der Waals surface area contributed by atoms with Gasteiger partial charge in [-0.3, -0.25) is 0 Å². The average molecular weight is 465 g/mol. The van der Waals surface area contributed by atoms with Gasteiger partial charge in [-0.1, -0.05) is 34.8 Å². The Labute approximate surface area is 186 Å². The maximum absolute atomic E-state index is 11.6. The van der Waals surface area contributed by atoms with Crippen molar-refractivity contribution in [2.24, 2.45) is 0 Å². The molecule has 1 saturated carbocycles. The van der Waals surface area contributed by atoms with Crippen LogP contribution in [0.3, 0.4) is 0 Å². The monoisotopic (exact) mass is 463 g/mol. The van der Waals surface area contributed by atoms with E-state index in [4.69, 9.17) is 44.8 Å². The van der Waals surface area contributed by atoms with Crippen molar-refractivity contribution in [2.45, 2.75) is 67.2 Å². The quantitative estimate of drug-likeness (QED) is 0.625. The summed E-state index contributed by atoms with van der Waals surface area (Å²) in [5, 5.41) is 13.0. The summed E-state index contributed by atoms with van der Waals surface area (Å²) in [5.74, 6) is 1.65. The van der Waals surface area contributed by atoms with Crippen molar-refractivity contribution < 1.29 is 9.90 Å². The van der Waals surface area contributed by atoms with Crippen LogP contribution in [-0.4, -0.2) is 62.6 Å². The van der Waals surface area contributed by atoms with E-state index in [0.29, 0.717) is 18.8 Å². The van der Waals surface area contributed by atoms with Gasteiger partial charge in [-0.25, -0.2) is 9.78 Å². The molecule has 0 aromatic carbocycles. The Morgan fingerprint density at radius 2 is 1.79 bits per heavy atom. The van der Waals surface area contributed by atoms with E-state index in [2.05, 4.69) is 10.2 Å². The molecular weight excluding hydrogens is 437 g/mol. The number of halogens is 3. The number of hydrogen-bond acceptors (Lipinski definition) is 5. The highest BCUT2D eigenvalue weighted by molar-refractivity contribution is 6.67. The zero-order valence-corrected chi connectivity index (χ0v) is 19.1. The van der Waals surface area contributed by atoms with Crippen LogP contribution in [0.5, 0.6) is 0 Å². The van der Waals surface area contributed by atoms with E-state index in [9.17, 15) is 9.90 Å². The third-order valence-electron chi connectivity index (χ3n) is 5.65. The Bertz CT molecular complexity index is 733. The fourth-order valence-corrected chi connectivity index (χ4v) is 4.66. The van der Waals surface area contributed by atoms with E-state index >= 15 is 0 Å². The predicted molar refractivity (Wildman–Crippen MR) is 118 cm³/mol. The van der Waals surface area contributed by atoms with Gasteiger partial charge in [0, 0.05) is 31.7 Å². The number of aryl methyl sites for hydroxylation is 1. The van der Waals surface area contributed by atoms with Crippen LogP contribution in [0, 0.1) is 0 Å². The third-order valence-corrected chi connectivity index (χ3v) is 6.01. The number of amides is 1. The molecule has 29 heavy (non-hydrogen) atoms. The van der Waals surface area contributed by atoms with Crippen molar-refractivity contribution in [3.05, 3.63) is 11.3 Å². The van der Waals surface area contributed by atoms with Gasteiger partial charge >= 0.3 is 6.09 Å². The first-order valence-electron chi connectivity index (χ1n) is 10.0. The Morgan fingerprint density at radius 1 is 1.14 bits per heavy atom. The summed E-state index contributed by atoms with van der Waals surface area (Å²) >= 11 is 17.5. The molecule has 1 aromatic heterocycles. The van der Waals surface area contributed by atoms with Crippen LogP contribution in [0.1, 0.15) is 49.8 Å². The van der Waals surface area contributed by atoms with Crippen LogP contribution in [0.2, 0.25) is 0 Å². The summed E-state index contributed by atoms with van der Waals surface area (Å²) in [6.45, 7) is -0.129. The van der Waals surface area contributed by atoms with Gasteiger partial charge in [-0.2, -0.15) is 4.98 Å². The molecule has 1 fully saturated rings. The SMILES string of the molecule is CN(C)c1nc(N[C@H]2CC[C@@H](N(CC(Cl)(Cl)Cl)C(=O)O)CC2)nc2c1CCCC2. The minimum Gasteiger partial charge on any atom is -0.465 e. The first kappa shape index (κ1) is 22.5. The molecule has 0 radical (unpaired) electrons. The molecule has 0 atom stereocenters. The lowest BCUT2D eigenvalue weighted by Crippen LogP contribution is -2.47. The lowest BCUT2D eigenvalue weighted by atomic mass is 9.90. The number of anilines is 2. The van der Waals surface area contributed by atoms with Crippen LogP contribution in [0.25, 0.3) is 0 Å². The van der Waals surface area contributed by atoms with E-state index in [1.807, 2.05) is 14.1 Å². The third kappa shape index (κ3) is 5.92. The first-order valence-corrected chi connectivity index (χ1v) is 11.2. The van der Waals surface area contributed by atoms with Crippen LogP contribution < -0.4 is 10.2 Å². The smallest absolute Gasteiger partial charge is 0.407 e. The van der Waals surface area contributed by atoms with Crippen molar-refractivity contribution in [3.8, 4) is 0 Å². The van der Waals surface area contributed by atoms with E-state index in [1.165, 1.54) is 16.9 Å². The summed E-state index contributed by atoms with van der Waals surface area (Å²) in [6.07, 6.45) is 6.34. The summed E-state index contributed by atoms with van der Waals surface area (Å²) in [7, 11) is 4.02. The molecule has 2 aliphatic rings. The highest BCUT2D eigenvalue weighted by Gasteiger charge is 2.34. The Kier molecular flexibility index (Phi) is 7.23. The summed E-state index contributed by atoms with van der Waals surface area (Å²) in [6, 6.07) is 0.0503. The zero-order chi connectivity index (χ0) is 21.2. The first-order chi connectivity index (χ1) is 13.6. The van der Waals surface area contributed by atoms with Gasteiger partial charge in [-0.05, 0) is 51.4 Å². The minimum absolute atomic E-state index is 0.129. The topological polar surface area (TPSA) is 81.6 Å². The van der Waals surface area contributed by atoms with Crippen LogP contribution in [-0.2, 0) is 12.8 Å². The highest BCUT2D eigenvalue weighted by atomic mass is 35.6. The van der Waals surface area contributed by atoms with Crippen molar-refractivity contribution in [3.63, 3.8) is 0 Å². The normalized spacial score (nSPS) is 22.0. The number of fused-ring (bicyclic) bond motifs is 1. The average Bonchev–Trinajstić information content (AvgIpc) is 2.65. The van der Waals surface area contributed by atoms with Gasteiger partial charge in [0.25, 0.3) is 0 Å². The number of carboxylic acid groups (broad SMARTS) is 1. The van der Waals surface area contributed by atoms with Crippen molar-refractivity contribution >= 4 is 52.7 Å². The maximum Gasteiger partial charge on any atom is 0.407 e. The van der Waals surface area contributed by atoms with E-state index in [-0.39, 0.29) is 18.6 Å². The number of hydrogen-bond donors (Lipinski definition) is 2. The molecule has 10 heteroatoms. The van der Waals surface area contributed by atoms with Crippen LogP contribution in [0.4, 0.5) is 16.6 Å². The molecule has 2 N–H and O–H groups in total. The molecule has 0 spiro atoms. The summed E-state index contributed by atoms with van der Waals surface area (Å²) in [4.78, 5) is 24.4. The molecule has 0 aliphatic heterocycles. The number of aromatic nitrogens is 2. The zero-order valence-electron chi connectivity index (χ0n) is 16.8.